The van der Waals surface area contributed by atoms with Crippen molar-refractivity contribution in [3.8, 4) is 6.07 Å². The Balaban J connectivity index is 1.55. The molecular formula is C22H31N5O3. The molecule has 0 unspecified atom stereocenters. The summed E-state index contributed by atoms with van der Waals surface area (Å²) in [6.07, 6.45) is 1.89. The van der Waals surface area contributed by atoms with Gasteiger partial charge in [0.25, 0.3) is 0 Å². The number of hydrogen-bond acceptors (Lipinski definition) is 5. The molecule has 3 amide bonds. The molecule has 162 valence electrons. The summed E-state index contributed by atoms with van der Waals surface area (Å²) in [5, 5.41) is 11.9. The first kappa shape index (κ1) is 22.1. The highest BCUT2D eigenvalue weighted by atomic mass is 16.5. The average Bonchev–Trinajstić information content (AvgIpc) is 2.80. The normalized spacial score (nSPS) is 19.7. The first-order chi connectivity index (χ1) is 14.7. The Bertz CT molecular complexity index is 730. The maximum atomic E-state index is 13.2. The first-order valence-electron chi connectivity index (χ1n) is 10.7. The van der Waals surface area contributed by atoms with Crippen molar-refractivity contribution in [3.05, 3.63) is 30.3 Å². The third kappa shape index (κ3) is 6.44. The number of nitrogens with one attached hydrogen (secondary N) is 1. The highest BCUT2D eigenvalue weighted by molar-refractivity contribution is 5.90. The lowest BCUT2D eigenvalue weighted by molar-refractivity contribution is -0.137. The fraction of sp³-hybridized carbons (Fsp3) is 0.591. The molecule has 0 bridgehead atoms. The number of nitrogens with zero attached hydrogens (tertiary/aromatic N) is 4. The van der Waals surface area contributed by atoms with Gasteiger partial charge in [0, 0.05) is 51.5 Å². The van der Waals surface area contributed by atoms with E-state index in [1.807, 2.05) is 35.2 Å². The van der Waals surface area contributed by atoms with E-state index in [0.29, 0.717) is 32.6 Å². The molecule has 0 saturated carbocycles. The number of carbonyl (C=O) groups is 2. The monoisotopic (exact) mass is 413 g/mol. The number of para-hydroxylation sites is 1. The van der Waals surface area contributed by atoms with Gasteiger partial charge in [0.05, 0.1) is 31.6 Å². The standard InChI is InChI=1S/C22H31N5O3/c23-9-5-11-26(13-12-25-14-16-30-17-15-25)21(28)19-6-4-10-27(18-19)22(29)24-20-7-2-1-3-8-20/h1-3,7-8,19H,4-6,10-18H2,(H,24,29)/t19-/m0/s1. The van der Waals surface area contributed by atoms with Crippen LogP contribution >= 0.6 is 0 Å². The van der Waals surface area contributed by atoms with Gasteiger partial charge in [-0.3, -0.25) is 9.69 Å². The minimum Gasteiger partial charge on any atom is -0.379 e. The van der Waals surface area contributed by atoms with Gasteiger partial charge < -0.3 is 19.9 Å². The summed E-state index contributed by atoms with van der Waals surface area (Å²) in [5.41, 5.74) is 0.747. The van der Waals surface area contributed by atoms with Gasteiger partial charge in [0.2, 0.25) is 5.91 Å². The van der Waals surface area contributed by atoms with E-state index in [-0.39, 0.29) is 17.9 Å². The summed E-state index contributed by atoms with van der Waals surface area (Å²) in [6.45, 7) is 6.08. The molecule has 1 N–H and O–H groups in total. The van der Waals surface area contributed by atoms with E-state index < -0.39 is 0 Å². The maximum absolute atomic E-state index is 13.2. The lowest BCUT2D eigenvalue weighted by atomic mass is 9.96. The molecule has 8 heteroatoms. The van der Waals surface area contributed by atoms with Crippen LogP contribution in [0.4, 0.5) is 10.5 Å². The van der Waals surface area contributed by atoms with Crippen LogP contribution in [0, 0.1) is 17.2 Å². The molecular weight excluding hydrogens is 382 g/mol. The number of anilines is 1. The fourth-order valence-electron chi connectivity index (χ4n) is 3.95. The summed E-state index contributed by atoms with van der Waals surface area (Å²) in [6, 6.07) is 11.3. The molecule has 1 atom stereocenters. The van der Waals surface area contributed by atoms with Crippen LogP contribution in [0.1, 0.15) is 19.3 Å². The van der Waals surface area contributed by atoms with Crippen molar-refractivity contribution >= 4 is 17.6 Å². The molecule has 30 heavy (non-hydrogen) atoms. The number of benzene rings is 1. The van der Waals surface area contributed by atoms with Gasteiger partial charge in [0.1, 0.15) is 0 Å². The Hall–Kier alpha value is -2.63. The van der Waals surface area contributed by atoms with Crippen molar-refractivity contribution in [1.82, 2.24) is 14.7 Å². The Morgan fingerprint density at radius 3 is 2.67 bits per heavy atom. The van der Waals surface area contributed by atoms with Gasteiger partial charge in [-0.05, 0) is 25.0 Å². The van der Waals surface area contributed by atoms with E-state index in [1.165, 1.54) is 0 Å². The number of morpholine rings is 1. The summed E-state index contributed by atoms with van der Waals surface area (Å²) in [4.78, 5) is 31.7. The molecule has 0 aromatic heterocycles. The highest BCUT2D eigenvalue weighted by Crippen LogP contribution is 2.20. The molecule has 0 radical (unpaired) electrons. The number of likely N-dealkylation sites (tertiary alicyclic amines) is 1. The summed E-state index contributed by atoms with van der Waals surface area (Å²) < 4.78 is 5.38. The van der Waals surface area contributed by atoms with Crippen molar-refractivity contribution in [3.63, 3.8) is 0 Å². The summed E-state index contributed by atoms with van der Waals surface area (Å²) in [7, 11) is 0. The summed E-state index contributed by atoms with van der Waals surface area (Å²) >= 11 is 0. The smallest absolute Gasteiger partial charge is 0.321 e. The highest BCUT2D eigenvalue weighted by Gasteiger charge is 2.31. The minimum atomic E-state index is -0.219. The third-order valence-corrected chi connectivity index (χ3v) is 5.68. The second-order valence-corrected chi connectivity index (χ2v) is 7.77. The van der Waals surface area contributed by atoms with Crippen molar-refractivity contribution < 1.29 is 14.3 Å². The van der Waals surface area contributed by atoms with Crippen molar-refractivity contribution in [2.75, 3.05) is 64.3 Å². The van der Waals surface area contributed by atoms with E-state index >= 15 is 0 Å². The van der Waals surface area contributed by atoms with Gasteiger partial charge in [0.15, 0.2) is 0 Å². The molecule has 0 aliphatic carbocycles. The fourth-order valence-corrected chi connectivity index (χ4v) is 3.95. The zero-order chi connectivity index (χ0) is 21.2. The van der Waals surface area contributed by atoms with Crippen molar-refractivity contribution in [2.45, 2.75) is 19.3 Å². The molecule has 2 fully saturated rings. The van der Waals surface area contributed by atoms with E-state index in [0.717, 1.165) is 51.4 Å². The van der Waals surface area contributed by atoms with Crippen molar-refractivity contribution in [2.24, 2.45) is 5.92 Å². The summed E-state index contributed by atoms with van der Waals surface area (Å²) in [5.74, 6) is -0.167. The number of nitriles is 1. The largest absolute Gasteiger partial charge is 0.379 e. The van der Waals surface area contributed by atoms with E-state index in [1.54, 1.807) is 4.90 Å². The lowest BCUT2D eigenvalue weighted by Crippen LogP contribution is -2.50. The number of urea groups is 1. The van der Waals surface area contributed by atoms with Gasteiger partial charge in [-0.15, -0.1) is 0 Å². The molecule has 2 saturated heterocycles. The van der Waals surface area contributed by atoms with E-state index in [4.69, 9.17) is 10.00 Å². The quantitative estimate of drug-likeness (QED) is 0.739. The van der Waals surface area contributed by atoms with Crippen LogP contribution in [-0.2, 0) is 9.53 Å². The van der Waals surface area contributed by atoms with Crippen LogP contribution in [0.25, 0.3) is 0 Å². The second-order valence-electron chi connectivity index (χ2n) is 7.77. The van der Waals surface area contributed by atoms with Crippen LogP contribution in [0.2, 0.25) is 0 Å². The lowest BCUT2D eigenvalue weighted by Gasteiger charge is -2.36. The van der Waals surface area contributed by atoms with Gasteiger partial charge in [-0.25, -0.2) is 4.79 Å². The molecule has 3 rings (SSSR count). The second kappa shape index (κ2) is 11.5. The molecule has 2 aliphatic rings. The molecule has 8 nitrogen and oxygen atoms in total. The van der Waals surface area contributed by atoms with Crippen LogP contribution in [-0.4, -0.2) is 85.7 Å². The van der Waals surface area contributed by atoms with Crippen molar-refractivity contribution in [1.29, 1.82) is 5.26 Å². The Kier molecular flexibility index (Phi) is 8.48. The Morgan fingerprint density at radius 1 is 1.17 bits per heavy atom. The number of ether oxygens (including phenoxy) is 1. The number of carbonyl (C=O) groups excluding carboxylic acids is 2. The van der Waals surface area contributed by atoms with Crippen LogP contribution in [0.5, 0.6) is 0 Å². The number of amides is 3. The molecule has 1 aromatic rings. The zero-order valence-corrected chi connectivity index (χ0v) is 17.5. The number of hydrogen-bond donors (Lipinski definition) is 1. The Morgan fingerprint density at radius 2 is 1.93 bits per heavy atom. The molecule has 1 aromatic carbocycles. The minimum absolute atomic E-state index is 0.0516. The van der Waals surface area contributed by atoms with Crippen LogP contribution in [0.15, 0.2) is 30.3 Å². The van der Waals surface area contributed by atoms with E-state index in [2.05, 4.69) is 16.3 Å². The average molecular weight is 414 g/mol. The first-order valence-corrected chi connectivity index (χ1v) is 10.7. The number of piperidine rings is 1. The topological polar surface area (TPSA) is 88.9 Å². The molecule has 2 heterocycles. The Labute approximate surface area is 178 Å². The van der Waals surface area contributed by atoms with Crippen LogP contribution < -0.4 is 5.32 Å². The van der Waals surface area contributed by atoms with Gasteiger partial charge in [-0.1, -0.05) is 18.2 Å². The molecule has 2 aliphatic heterocycles. The van der Waals surface area contributed by atoms with Crippen LogP contribution in [0.3, 0.4) is 0 Å². The zero-order valence-electron chi connectivity index (χ0n) is 17.5. The van der Waals surface area contributed by atoms with Gasteiger partial charge >= 0.3 is 6.03 Å². The predicted molar refractivity (Wildman–Crippen MR) is 114 cm³/mol. The molecule has 0 spiro atoms. The third-order valence-electron chi connectivity index (χ3n) is 5.68. The SMILES string of the molecule is N#CCCN(CCN1CCOCC1)C(=O)[C@H]1CCCN(C(=O)Nc2ccccc2)C1. The van der Waals surface area contributed by atoms with E-state index in [9.17, 15) is 9.59 Å². The van der Waals surface area contributed by atoms with Gasteiger partial charge in [-0.2, -0.15) is 5.26 Å². The number of rotatable bonds is 7. The predicted octanol–water partition coefficient (Wildman–Crippen LogP) is 2.00. The maximum Gasteiger partial charge on any atom is 0.321 e.